The highest BCUT2D eigenvalue weighted by molar-refractivity contribution is 6.31. The highest BCUT2D eigenvalue weighted by atomic mass is 35.5. The fraction of sp³-hybridized carbons (Fsp3) is 0.455. The summed E-state index contributed by atoms with van der Waals surface area (Å²) >= 11 is 6.05. The second-order valence-electron chi connectivity index (χ2n) is 7.76. The summed E-state index contributed by atoms with van der Waals surface area (Å²) < 4.78 is 5.64. The number of nitrogens with zero attached hydrogens (tertiary/aromatic N) is 2. The Bertz CT molecular complexity index is 849. The molecule has 0 saturated carbocycles. The van der Waals surface area contributed by atoms with E-state index in [1.54, 1.807) is 23.3 Å². The van der Waals surface area contributed by atoms with Crippen LogP contribution in [0.3, 0.4) is 0 Å². The van der Waals surface area contributed by atoms with Gasteiger partial charge in [0.05, 0.1) is 18.2 Å². The van der Waals surface area contributed by atoms with Crippen molar-refractivity contribution in [1.82, 2.24) is 10.2 Å². The molecular weight excluding hydrogens is 390 g/mol. The van der Waals surface area contributed by atoms with Gasteiger partial charge in [-0.2, -0.15) is 0 Å². The van der Waals surface area contributed by atoms with Crippen LogP contribution in [0.5, 0.6) is 0 Å². The van der Waals surface area contributed by atoms with Crippen molar-refractivity contribution in [1.29, 1.82) is 0 Å². The van der Waals surface area contributed by atoms with E-state index in [1.165, 1.54) is 6.42 Å². The number of nitrogens with one attached hydrogen (secondary N) is 1. The Morgan fingerprint density at radius 2 is 2.03 bits per heavy atom. The zero-order valence-corrected chi connectivity index (χ0v) is 17.1. The van der Waals surface area contributed by atoms with Gasteiger partial charge < -0.3 is 14.6 Å². The third-order valence-electron chi connectivity index (χ3n) is 5.79. The fourth-order valence-electron chi connectivity index (χ4n) is 4.24. The molecule has 1 N–H and O–H groups in total. The van der Waals surface area contributed by atoms with E-state index in [0.717, 1.165) is 37.4 Å². The molecule has 0 bridgehead atoms. The molecular formula is C22H26ClN3O3. The van der Waals surface area contributed by atoms with Gasteiger partial charge in [-0.25, -0.2) is 0 Å². The van der Waals surface area contributed by atoms with Crippen molar-refractivity contribution < 1.29 is 14.0 Å². The number of halogens is 1. The maximum atomic E-state index is 12.8. The number of carbonyl (C=O) groups excluding carboxylic acids is 2. The van der Waals surface area contributed by atoms with Crippen molar-refractivity contribution in [2.75, 3.05) is 31.1 Å². The molecule has 2 saturated heterocycles. The summed E-state index contributed by atoms with van der Waals surface area (Å²) in [7, 11) is 0. The highest BCUT2D eigenvalue weighted by Gasteiger charge is 2.36. The van der Waals surface area contributed by atoms with Crippen LogP contribution in [-0.2, 0) is 9.59 Å². The zero-order valence-electron chi connectivity index (χ0n) is 16.4. The van der Waals surface area contributed by atoms with Crippen molar-refractivity contribution in [2.45, 2.75) is 31.7 Å². The minimum absolute atomic E-state index is 0.0235. The quantitative estimate of drug-likeness (QED) is 0.782. The number of hydrogen-bond acceptors (Lipinski definition) is 4. The van der Waals surface area contributed by atoms with Crippen molar-refractivity contribution in [3.05, 3.63) is 53.4 Å². The Morgan fingerprint density at radius 1 is 1.21 bits per heavy atom. The largest absolute Gasteiger partial charge is 0.468 e. The predicted octanol–water partition coefficient (Wildman–Crippen LogP) is 3.63. The molecule has 2 aromatic rings. The number of piperidine rings is 1. The molecule has 3 heterocycles. The van der Waals surface area contributed by atoms with Crippen molar-refractivity contribution in [3.8, 4) is 0 Å². The summed E-state index contributed by atoms with van der Waals surface area (Å²) in [6.07, 6.45) is 5.46. The Kier molecular flexibility index (Phi) is 6.21. The van der Waals surface area contributed by atoms with Gasteiger partial charge in [0, 0.05) is 30.2 Å². The smallest absolute Gasteiger partial charge is 0.227 e. The maximum Gasteiger partial charge on any atom is 0.227 e. The summed E-state index contributed by atoms with van der Waals surface area (Å²) in [5, 5.41) is 3.64. The fourth-order valence-corrected chi connectivity index (χ4v) is 4.42. The van der Waals surface area contributed by atoms with Gasteiger partial charge >= 0.3 is 0 Å². The van der Waals surface area contributed by atoms with Crippen LogP contribution in [0.25, 0.3) is 0 Å². The molecule has 2 atom stereocenters. The molecule has 2 aliphatic rings. The third-order valence-corrected chi connectivity index (χ3v) is 6.02. The molecule has 154 valence electrons. The highest BCUT2D eigenvalue weighted by Crippen LogP contribution is 2.28. The molecule has 29 heavy (non-hydrogen) atoms. The van der Waals surface area contributed by atoms with Crippen molar-refractivity contribution in [2.24, 2.45) is 5.92 Å². The standard InChI is InChI=1S/C22H26ClN3O3/c23-17-6-4-7-18(13-17)26-15-16(12-21(26)27)22(28)24-14-19(20-8-5-11-29-20)25-9-2-1-3-10-25/h4-8,11,13,16,19H,1-3,9-10,12,14-15H2,(H,24,28). The first-order chi connectivity index (χ1) is 14.1. The Morgan fingerprint density at radius 3 is 2.76 bits per heavy atom. The Labute approximate surface area is 175 Å². The Hall–Kier alpha value is -2.31. The number of anilines is 1. The number of likely N-dealkylation sites (tertiary alicyclic amines) is 1. The summed E-state index contributed by atoms with van der Waals surface area (Å²) in [6.45, 7) is 2.87. The van der Waals surface area contributed by atoms with Gasteiger partial charge in [-0.3, -0.25) is 14.5 Å². The van der Waals surface area contributed by atoms with Gasteiger partial charge in [-0.05, 0) is 56.3 Å². The number of benzene rings is 1. The van der Waals surface area contributed by atoms with Crippen LogP contribution in [0.2, 0.25) is 5.02 Å². The Balaban J connectivity index is 1.39. The first-order valence-corrected chi connectivity index (χ1v) is 10.6. The SMILES string of the molecule is O=C(NCC(c1ccco1)N1CCCCC1)C1CC(=O)N(c2cccc(Cl)c2)C1. The first kappa shape index (κ1) is 20.0. The number of furan rings is 1. The number of rotatable bonds is 6. The van der Waals surface area contributed by atoms with E-state index in [2.05, 4.69) is 10.2 Å². The molecule has 0 aliphatic carbocycles. The summed E-state index contributed by atoms with van der Waals surface area (Å²) in [5.41, 5.74) is 0.736. The lowest BCUT2D eigenvalue weighted by molar-refractivity contribution is -0.126. The van der Waals surface area contributed by atoms with Crippen LogP contribution in [0.4, 0.5) is 5.69 Å². The molecule has 2 amide bonds. The van der Waals surface area contributed by atoms with Crippen LogP contribution in [0.1, 0.15) is 37.5 Å². The lowest BCUT2D eigenvalue weighted by Crippen LogP contribution is -2.42. The average Bonchev–Trinajstić information content (AvgIpc) is 3.39. The van der Waals surface area contributed by atoms with Crippen molar-refractivity contribution >= 4 is 29.1 Å². The molecule has 1 aromatic heterocycles. The molecule has 0 radical (unpaired) electrons. The monoisotopic (exact) mass is 415 g/mol. The van der Waals surface area contributed by atoms with Gasteiger partial charge in [0.15, 0.2) is 0 Å². The number of amides is 2. The van der Waals surface area contributed by atoms with E-state index >= 15 is 0 Å². The van der Waals surface area contributed by atoms with E-state index in [-0.39, 0.29) is 30.2 Å². The molecule has 7 heteroatoms. The average molecular weight is 416 g/mol. The minimum Gasteiger partial charge on any atom is -0.468 e. The van der Waals surface area contributed by atoms with E-state index in [4.69, 9.17) is 16.0 Å². The molecule has 1 aromatic carbocycles. The number of carbonyl (C=O) groups is 2. The summed E-state index contributed by atoms with van der Waals surface area (Å²) in [6, 6.07) is 11.0. The van der Waals surface area contributed by atoms with Gasteiger partial charge in [-0.15, -0.1) is 0 Å². The first-order valence-electron chi connectivity index (χ1n) is 10.2. The van der Waals surface area contributed by atoms with Crippen LogP contribution in [0.15, 0.2) is 47.1 Å². The normalized spacial score (nSPS) is 21.3. The second kappa shape index (κ2) is 9.01. The topological polar surface area (TPSA) is 65.8 Å². The predicted molar refractivity (Wildman–Crippen MR) is 112 cm³/mol. The van der Waals surface area contributed by atoms with Crippen LogP contribution >= 0.6 is 11.6 Å². The molecule has 0 spiro atoms. The van der Waals surface area contributed by atoms with Crippen molar-refractivity contribution in [3.63, 3.8) is 0 Å². The van der Waals surface area contributed by atoms with E-state index in [9.17, 15) is 9.59 Å². The molecule has 2 aliphatic heterocycles. The molecule has 6 nitrogen and oxygen atoms in total. The van der Waals surface area contributed by atoms with Crippen LogP contribution in [0, 0.1) is 5.92 Å². The van der Waals surface area contributed by atoms with Gasteiger partial charge in [-0.1, -0.05) is 24.1 Å². The third kappa shape index (κ3) is 4.65. The van der Waals surface area contributed by atoms with Crippen LogP contribution < -0.4 is 10.2 Å². The lowest BCUT2D eigenvalue weighted by Gasteiger charge is -2.33. The van der Waals surface area contributed by atoms with E-state index < -0.39 is 0 Å². The lowest BCUT2D eigenvalue weighted by atomic mass is 10.1. The molecule has 2 fully saturated rings. The summed E-state index contributed by atoms with van der Waals surface area (Å²) in [4.78, 5) is 29.3. The van der Waals surface area contributed by atoms with Gasteiger partial charge in [0.25, 0.3) is 0 Å². The summed E-state index contributed by atoms with van der Waals surface area (Å²) in [5.74, 6) is 0.373. The maximum absolute atomic E-state index is 12.8. The van der Waals surface area contributed by atoms with Crippen LogP contribution in [-0.4, -0.2) is 42.9 Å². The van der Waals surface area contributed by atoms with E-state index in [1.807, 2.05) is 24.3 Å². The van der Waals surface area contributed by atoms with Gasteiger partial charge in [0.2, 0.25) is 11.8 Å². The minimum atomic E-state index is -0.361. The molecule has 4 rings (SSSR count). The molecule has 2 unspecified atom stereocenters. The zero-order chi connectivity index (χ0) is 20.2. The van der Waals surface area contributed by atoms with Gasteiger partial charge in [0.1, 0.15) is 5.76 Å². The number of hydrogen-bond donors (Lipinski definition) is 1. The van der Waals surface area contributed by atoms with E-state index in [0.29, 0.717) is 18.1 Å². The second-order valence-corrected chi connectivity index (χ2v) is 8.19.